The van der Waals surface area contributed by atoms with Gasteiger partial charge in [-0.1, -0.05) is 0 Å². The van der Waals surface area contributed by atoms with E-state index in [0.717, 1.165) is 31.6 Å². The van der Waals surface area contributed by atoms with Crippen molar-refractivity contribution in [2.75, 3.05) is 20.1 Å². The first-order valence-electron chi connectivity index (χ1n) is 8.34. The van der Waals surface area contributed by atoms with Crippen molar-refractivity contribution in [2.45, 2.75) is 37.8 Å². The van der Waals surface area contributed by atoms with Crippen LogP contribution in [0.25, 0.3) is 11.5 Å². The zero-order chi connectivity index (χ0) is 15.8. The lowest BCUT2D eigenvalue weighted by atomic mass is 10.0. The SMILES string of the molecule is CN1CCC[C@H]1[C@@H]1CCCN1C(=O)c1cc(-c2ccco2)[nH]n1. The van der Waals surface area contributed by atoms with Crippen molar-refractivity contribution in [2.24, 2.45) is 0 Å². The minimum absolute atomic E-state index is 0.0295. The van der Waals surface area contributed by atoms with Gasteiger partial charge in [-0.15, -0.1) is 0 Å². The highest BCUT2D eigenvalue weighted by atomic mass is 16.3. The predicted molar refractivity (Wildman–Crippen MR) is 86.0 cm³/mol. The molecule has 2 fully saturated rings. The third-order valence-corrected chi connectivity index (χ3v) is 5.16. The lowest BCUT2D eigenvalue weighted by Gasteiger charge is -2.32. The number of carbonyl (C=O) groups excluding carboxylic acids is 1. The maximum absolute atomic E-state index is 12.9. The first-order valence-corrected chi connectivity index (χ1v) is 8.34. The number of amides is 1. The fourth-order valence-electron chi connectivity index (χ4n) is 4.00. The quantitative estimate of drug-likeness (QED) is 0.944. The van der Waals surface area contributed by atoms with Gasteiger partial charge >= 0.3 is 0 Å². The van der Waals surface area contributed by atoms with Crippen LogP contribution in [0.5, 0.6) is 0 Å². The molecule has 1 amide bonds. The van der Waals surface area contributed by atoms with Crippen molar-refractivity contribution in [3.05, 3.63) is 30.2 Å². The molecule has 0 radical (unpaired) electrons. The van der Waals surface area contributed by atoms with E-state index in [1.54, 1.807) is 12.3 Å². The number of likely N-dealkylation sites (tertiary alicyclic amines) is 2. The average Bonchev–Trinajstić information content (AvgIpc) is 3.31. The minimum atomic E-state index is 0.0295. The van der Waals surface area contributed by atoms with Crippen molar-refractivity contribution in [3.63, 3.8) is 0 Å². The van der Waals surface area contributed by atoms with Gasteiger partial charge in [0.15, 0.2) is 11.5 Å². The summed E-state index contributed by atoms with van der Waals surface area (Å²) < 4.78 is 5.35. The van der Waals surface area contributed by atoms with Crippen LogP contribution in [0.3, 0.4) is 0 Å². The molecule has 122 valence electrons. The van der Waals surface area contributed by atoms with Gasteiger partial charge in [0.2, 0.25) is 0 Å². The molecule has 4 heterocycles. The van der Waals surface area contributed by atoms with E-state index in [1.165, 1.54) is 12.8 Å². The Morgan fingerprint density at radius 3 is 2.87 bits per heavy atom. The highest BCUT2D eigenvalue weighted by molar-refractivity contribution is 5.93. The largest absolute Gasteiger partial charge is 0.463 e. The highest BCUT2D eigenvalue weighted by Gasteiger charge is 2.39. The second kappa shape index (κ2) is 5.85. The molecular weight excluding hydrogens is 292 g/mol. The molecular formula is C17H22N4O2. The maximum atomic E-state index is 12.9. The summed E-state index contributed by atoms with van der Waals surface area (Å²) in [5.74, 6) is 0.729. The fourth-order valence-corrected chi connectivity index (χ4v) is 4.00. The highest BCUT2D eigenvalue weighted by Crippen LogP contribution is 2.30. The summed E-state index contributed by atoms with van der Waals surface area (Å²) in [6.45, 7) is 1.96. The lowest BCUT2D eigenvalue weighted by Crippen LogP contribution is -2.47. The molecule has 0 spiro atoms. The van der Waals surface area contributed by atoms with Gasteiger partial charge in [0.05, 0.1) is 6.26 Å². The standard InChI is InChI=1S/C17H22N4O2/c1-20-8-2-5-14(20)15-6-3-9-21(15)17(22)13-11-12(18-19-13)16-7-4-10-23-16/h4,7,10-11,14-15H,2-3,5-6,8-9H2,1H3,(H,18,19)/t14-,15-/m0/s1. The van der Waals surface area contributed by atoms with Gasteiger partial charge in [0, 0.05) is 24.7 Å². The molecule has 2 atom stereocenters. The Kier molecular flexibility index (Phi) is 3.69. The minimum Gasteiger partial charge on any atom is -0.463 e. The Morgan fingerprint density at radius 1 is 1.30 bits per heavy atom. The lowest BCUT2D eigenvalue weighted by molar-refractivity contribution is 0.0658. The van der Waals surface area contributed by atoms with E-state index >= 15 is 0 Å². The van der Waals surface area contributed by atoms with Crippen LogP contribution in [0, 0.1) is 0 Å². The molecule has 0 aromatic carbocycles. The van der Waals surface area contributed by atoms with Crippen LogP contribution in [-0.4, -0.2) is 58.1 Å². The first kappa shape index (κ1) is 14.5. The van der Waals surface area contributed by atoms with Crippen LogP contribution in [0.4, 0.5) is 0 Å². The van der Waals surface area contributed by atoms with Crippen LogP contribution < -0.4 is 0 Å². The number of hydrogen-bond acceptors (Lipinski definition) is 4. The van der Waals surface area contributed by atoms with Crippen LogP contribution in [0.1, 0.15) is 36.2 Å². The summed E-state index contributed by atoms with van der Waals surface area (Å²) >= 11 is 0. The number of aromatic nitrogens is 2. The zero-order valence-corrected chi connectivity index (χ0v) is 13.4. The van der Waals surface area contributed by atoms with Crippen LogP contribution in [-0.2, 0) is 0 Å². The summed E-state index contributed by atoms with van der Waals surface area (Å²) in [6, 6.07) is 6.27. The molecule has 2 aliphatic rings. The molecule has 0 saturated carbocycles. The normalized spacial score (nSPS) is 25.3. The molecule has 2 saturated heterocycles. The summed E-state index contributed by atoms with van der Waals surface area (Å²) in [7, 11) is 2.17. The van der Waals surface area contributed by atoms with Gasteiger partial charge < -0.3 is 14.2 Å². The molecule has 4 rings (SSSR count). The van der Waals surface area contributed by atoms with E-state index in [1.807, 2.05) is 17.0 Å². The number of furan rings is 1. The van der Waals surface area contributed by atoms with Gasteiger partial charge in [0.25, 0.3) is 5.91 Å². The van der Waals surface area contributed by atoms with Gasteiger partial charge in [0.1, 0.15) is 5.69 Å². The number of H-pyrrole nitrogens is 1. The van der Waals surface area contributed by atoms with Gasteiger partial charge in [-0.3, -0.25) is 9.89 Å². The smallest absolute Gasteiger partial charge is 0.274 e. The first-order chi connectivity index (χ1) is 11.2. The predicted octanol–water partition coefficient (Wildman–Crippen LogP) is 2.37. The second-order valence-corrected chi connectivity index (χ2v) is 6.54. The van der Waals surface area contributed by atoms with E-state index in [9.17, 15) is 4.79 Å². The monoisotopic (exact) mass is 314 g/mol. The molecule has 23 heavy (non-hydrogen) atoms. The molecule has 2 aliphatic heterocycles. The van der Waals surface area contributed by atoms with Crippen molar-refractivity contribution < 1.29 is 9.21 Å². The van der Waals surface area contributed by atoms with Crippen molar-refractivity contribution in [1.29, 1.82) is 0 Å². The molecule has 0 unspecified atom stereocenters. The third kappa shape index (κ3) is 2.57. The van der Waals surface area contributed by atoms with Crippen molar-refractivity contribution >= 4 is 5.91 Å². The molecule has 2 aromatic rings. The number of nitrogens with one attached hydrogen (secondary N) is 1. The molecule has 0 aliphatic carbocycles. The summed E-state index contributed by atoms with van der Waals surface area (Å²) in [4.78, 5) is 17.3. The topological polar surface area (TPSA) is 65.4 Å². The molecule has 2 aromatic heterocycles. The average molecular weight is 314 g/mol. The Labute approximate surface area is 135 Å². The fraction of sp³-hybridized carbons (Fsp3) is 0.529. The van der Waals surface area contributed by atoms with E-state index in [-0.39, 0.29) is 5.91 Å². The second-order valence-electron chi connectivity index (χ2n) is 6.54. The Morgan fingerprint density at radius 2 is 2.13 bits per heavy atom. The van der Waals surface area contributed by atoms with Gasteiger partial charge in [-0.05, 0) is 51.4 Å². The molecule has 6 nitrogen and oxygen atoms in total. The van der Waals surface area contributed by atoms with E-state index < -0.39 is 0 Å². The molecule has 1 N–H and O–H groups in total. The van der Waals surface area contributed by atoms with Crippen LogP contribution in [0.15, 0.2) is 28.9 Å². The number of rotatable bonds is 3. The van der Waals surface area contributed by atoms with Crippen molar-refractivity contribution in [1.82, 2.24) is 20.0 Å². The summed E-state index contributed by atoms with van der Waals surface area (Å²) in [6.07, 6.45) is 6.20. The third-order valence-electron chi connectivity index (χ3n) is 5.16. The number of aromatic amines is 1. The summed E-state index contributed by atoms with van der Waals surface area (Å²) in [5, 5.41) is 7.11. The Hall–Kier alpha value is -2.08. The number of carbonyl (C=O) groups is 1. The van der Waals surface area contributed by atoms with E-state index in [2.05, 4.69) is 22.1 Å². The van der Waals surface area contributed by atoms with E-state index in [4.69, 9.17) is 4.42 Å². The summed E-state index contributed by atoms with van der Waals surface area (Å²) in [5.41, 5.74) is 1.22. The van der Waals surface area contributed by atoms with Gasteiger partial charge in [-0.25, -0.2) is 0 Å². The Balaban J connectivity index is 1.54. The van der Waals surface area contributed by atoms with Crippen LogP contribution in [0.2, 0.25) is 0 Å². The Bertz CT molecular complexity index is 679. The molecule has 0 bridgehead atoms. The number of hydrogen-bond donors (Lipinski definition) is 1. The van der Waals surface area contributed by atoms with Crippen LogP contribution >= 0.6 is 0 Å². The van der Waals surface area contributed by atoms with Crippen molar-refractivity contribution in [3.8, 4) is 11.5 Å². The maximum Gasteiger partial charge on any atom is 0.274 e. The number of likely N-dealkylation sites (N-methyl/N-ethyl adjacent to an activating group) is 1. The molecule has 6 heteroatoms. The zero-order valence-electron chi connectivity index (χ0n) is 13.4. The van der Waals surface area contributed by atoms with E-state index in [0.29, 0.717) is 23.5 Å². The number of nitrogens with zero attached hydrogens (tertiary/aromatic N) is 3. The van der Waals surface area contributed by atoms with Gasteiger partial charge in [-0.2, -0.15) is 5.10 Å².